The third-order valence-corrected chi connectivity index (χ3v) is 6.55. The summed E-state index contributed by atoms with van der Waals surface area (Å²) in [4.78, 5) is 38.8. The van der Waals surface area contributed by atoms with Gasteiger partial charge in [-0.25, -0.2) is 14.4 Å². The van der Waals surface area contributed by atoms with Crippen LogP contribution in [-0.2, 0) is 18.9 Å². The van der Waals surface area contributed by atoms with Crippen LogP contribution in [0, 0.1) is 0 Å². The van der Waals surface area contributed by atoms with E-state index >= 15 is 0 Å². The molecule has 1 fully saturated rings. The molecule has 1 aliphatic rings. The molecule has 0 aromatic heterocycles. The molecule has 186 valence electrons. The van der Waals surface area contributed by atoms with Crippen LogP contribution >= 0.6 is 11.8 Å². The Morgan fingerprint density at radius 3 is 1.56 bits per heavy atom. The van der Waals surface area contributed by atoms with Gasteiger partial charge in [-0.15, -0.1) is 11.8 Å². The number of carbonyl (C=O) groups is 3. The van der Waals surface area contributed by atoms with Crippen molar-refractivity contribution in [3.05, 3.63) is 108 Å². The molecule has 3 aromatic carbocycles. The summed E-state index contributed by atoms with van der Waals surface area (Å²) in [5.74, 6) is -1.15. The van der Waals surface area contributed by atoms with Crippen molar-refractivity contribution in [1.29, 1.82) is 0 Å². The summed E-state index contributed by atoms with van der Waals surface area (Å²) >= 11 is 1.41. The summed E-state index contributed by atoms with van der Waals surface area (Å²) in [7, 11) is 0. The number of hydrogen-bond donors (Lipinski definition) is 0. The topological polar surface area (TPSA) is 88.1 Å². The van der Waals surface area contributed by atoms with Crippen LogP contribution in [0.4, 0.5) is 0 Å². The zero-order valence-electron chi connectivity index (χ0n) is 19.6. The van der Waals surface area contributed by atoms with Crippen molar-refractivity contribution in [3.63, 3.8) is 0 Å². The van der Waals surface area contributed by atoms with Gasteiger partial charge in [0, 0.05) is 0 Å². The molecule has 36 heavy (non-hydrogen) atoms. The molecule has 4 atom stereocenters. The van der Waals surface area contributed by atoms with Crippen LogP contribution < -0.4 is 0 Å². The number of esters is 3. The zero-order valence-corrected chi connectivity index (χ0v) is 20.5. The first-order valence-electron chi connectivity index (χ1n) is 11.6. The predicted molar refractivity (Wildman–Crippen MR) is 135 cm³/mol. The van der Waals surface area contributed by atoms with Crippen molar-refractivity contribution < 1.29 is 33.3 Å². The number of benzene rings is 3. The van der Waals surface area contributed by atoms with Gasteiger partial charge in [0.05, 0.1) is 23.3 Å². The van der Waals surface area contributed by atoms with Crippen molar-refractivity contribution in [2.75, 3.05) is 12.4 Å². The number of hydrogen-bond acceptors (Lipinski definition) is 8. The molecule has 4 rings (SSSR count). The molecule has 1 heterocycles. The fourth-order valence-corrected chi connectivity index (χ4v) is 4.63. The minimum Gasteiger partial charge on any atom is -0.452 e. The predicted octanol–water partition coefficient (Wildman–Crippen LogP) is 4.77. The van der Waals surface area contributed by atoms with Gasteiger partial charge in [-0.3, -0.25) is 0 Å². The Morgan fingerprint density at radius 2 is 1.11 bits per heavy atom. The highest BCUT2D eigenvalue weighted by molar-refractivity contribution is 7.99. The van der Waals surface area contributed by atoms with Crippen molar-refractivity contribution in [1.82, 2.24) is 0 Å². The van der Waals surface area contributed by atoms with Gasteiger partial charge in [0.15, 0.2) is 18.3 Å². The van der Waals surface area contributed by atoms with Gasteiger partial charge >= 0.3 is 17.9 Å². The molecule has 2 unspecified atom stereocenters. The Morgan fingerprint density at radius 1 is 0.694 bits per heavy atom. The lowest BCUT2D eigenvalue weighted by Crippen LogP contribution is -2.56. The maximum Gasteiger partial charge on any atom is 0.338 e. The summed E-state index contributed by atoms with van der Waals surface area (Å²) in [6.07, 6.45) is -3.10. The normalized spacial score (nSPS) is 21.2. The first kappa shape index (κ1) is 25.5. The number of ether oxygens (including phenoxy) is 4. The highest BCUT2D eigenvalue weighted by atomic mass is 32.2. The summed E-state index contributed by atoms with van der Waals surface area (Å²) < 4.78 is 23.4. The second kappa shape index (κ2) is 12.4. The van der Waals surface area contributed by atoms with Crippen LogP contribution in [0.25, 0.3) is 0 Å². The highest BCUT2D eigenvalue weighted by Gasteiger charge is 2.48. The van der Waals surface area contributed by atoms with E-state index in [2.05, 4.69) is 0 Å². The van der Waals surface area contributed by atoms with E-state index in [9.17, 15) is 14.4 Å². The Kier molecular flexibility index (Phi) is 8.76. The Labute approximate surface area is 213 Å². The van der Waals surface area contributed by atoms with E-state index in [4.69, 9.17) is 18.9 Å². The minimum absolute atomic E-state index is 0.0254. The average Bonchev–Trinajstić information content (AvgIpc) is 2.93. The molecular weight excluding hydrogens is 480 g/mol. The summed E-state index contributed by atoms with van der Waals surface area (Å²) in [5, 5.41) is 0. The molecule has 1 aliphatic heterocycles. The standard InChI is InChI=1S/C28H26O7S/c1-2-36-28-24(35-27(31)21-16-10-5-11-17-21)23(34-26(30)20-14-8-4-9-15-20)22(18-32-28)33-25(29)19-12-6-3-7-13-19/h3-17,22-24,28H,2,18H2,1H3/t22-,23?,24?,28+/m1/s1. The van der Waals surface area contributed by atoms with Crippen LogP contribution in [-0.4, -0.2) is 54.0 Å². The van der Waals surface area contributed by atoms with Crippen LogP contribution in [0.5, 0.6) is 0 Å². The number of carbonyl (C=O) groups excluding carboxylic acids is 3. The van der Waals surface area contributed by atoms with E-state index in [1.807, 2.05) is 6.92 Å². The largest absolute Gasteiger partial charge is 0.452 e. The Balaban J connectivity index is 1.63. The summed E-state index contributed by atoms with van der Waals surface area (Å²) in [5.41, 5.74) is 0.385. The maximum absolute atomic E-state index is 13.0. The summed E-state index contributed by atoms with van der Waals surface area (Å²) in [6, 6.07) is 25.4. The zero-order chi connectivity index (χ0) is 25.3. The first-order chi connectivity index (χ1) is 17.6. The van der Waals surface area contributed by atoms with Gasteiger partial charge in [-0.2, -0.15) is 0 Å². The van der Waals surface area contributed by atoms with Crippen molar-refractivity contribution in [3.8, 4) is 0 Å². The molecule has 8 heteroatoms. The number of rotatable bonds is 8. The van der Waals surface area contributed by atoms with Crippen LogP contribution in [0.2, 0.25) is 0 Å². The third kappa shape index (κ3) is 6.33. The van der Waals surface area contributed by atoms with Gasteiger partial charge < -0.3 is 18.9 Å². The molecule has 7 nitrogen and oxygen atoms in total. The molecule has 0 saturated carbocycles. The molecule has 0 radical (unpaired) electrons. The van der Waals surface area contributed by atoms with E-state index in [1.165, 1.54) is 11.8 Å². The van der Waals surface area contributed by atoms with Crippen LogP contribution in [0.15, 0.2) is 91.0 Å². The molecule has 0 spiro atoms. The van der Waals surface area contributed by atoms with E-state index in [0.717, 1.165) is 0 Å². The van der Waals surface area contributed by atoms with E-state index in [0.29, 0.717) is 22.4 Å². The summed E-state index contributed by atoms with van der Waals surface area (Å²) in [6.45, 7) is 1.92. The lowest BCUT2D eigenvalue weighted by molar-refractivity contribution is -0.167. The second-order valence-corrected chi connectivity index (χ2v) is 9.31. The smallest absolute Gasteiger partial charge is 0.338 e. The van der Waals surface area contributed by atoms with Crippen LogP contribution in [0.3, 0.4) is 0 Å². The van der Waals surface area contributed by atoms with E-state index in [-0.39, 0.29) is 6.61 Å². The molecule has 1 saturated heterocycles. The quantitative estimate of drug-likeness (QED) is 0.319. The highest BCUT2D eigenvalue weighted by Crippen LogP contribution is 2.32. The lowest BCUT2D eigenvalue weighted by atomic mass is 10.0. The van der Waals surface area contributed by atoms with Gasteiger partial charge in [0.1, 0.15) is 5.44 Å². The van der Waals surface area contributed by atoms with Gasteiger partial charge in [-0.05, 0) is 42.2 Å². The fraction of sp³-hybridized carbons (Fsp3) is 0.250. The molecule has 3 aromatic rings. The van der Waals surface area contributed by atoms with Gasteiger partial charge in [-0.1, -0.05) is 61.5 Å². The van der Waals surface area contributed by atoms with Crippen molar-refractivity contribution >= 4 is 29.7 Å². The molecule has 0 N–H and O–H groups in total. The first-order valence-corrected chi connectivity index (χ1v) is 12.6. The van der Waals surface area contributed by atoms with E-state index in [1.54, 1.807) is 91.0 Å². The molecule has 0 amide bonds. The SMILES string of the molecule is CCS[C@@H]1OC[C@@H](OC(=O)c2ccccc2)C(OC(=O)c2ccccc2)C1OC(=O)c1ccccc1. The maximum atomic E-state index is 13.0. The van der Waals surface area contributed by atoms with Gasteiger partial charge in [0.25, 0.3) is 0 Å². The molecular formula is C28H26O7S. The third-order valence-electron chi connectivity index (χ3n) is 5.49. The molecule has 0 aliphatic carbocycles. The number of thioether (sulfide) groups is 1. The Hall–Kier alpha value is -3.62. The average molecular weight is 507 g/mol. The van der Waals surface area contributed by atoms with Crippen LogP contribution in [0.1, 0.15) is 38.0 Å². The lowest BCUT2D eigenvalue weighted by Gasteiger charge is -2.40. The van der Waals surface area contributed by atoms with Gasteiger partial charge in [0.2, 0.25) is 0 Å². The monoisotopic (exact) mass is 506 g/mol. The van der Waals surface area contributed by atoms with E-state index < -0.39 is 41.7 Å². The Bertz CT molecular complexity index is 1150. The minimum atomic E-state index is -1.09. The second-order valence-electron chi connectivity index (χ2n) is 7.94. The molecule has 0 bridgehead atoms. The van der Waals surface area contributed by atoms with Crippen molar-refractivity contribution in [2.24, 2.45) is 0 Å². The fourth-order valence-electron chi connectivity index (χ4n) is 3.73. The van der Waals surface area contributed by atoms with Crippen molar-refractivity contribution in [2.45, 2.75) is 30.7 Å².